The van der Waals surface area contributed by atoms with E-state index in [0.717, 1.165) is 30.9 Å². The maximum atomic E-state index is 12.6. The van der Waals surface area contributed by atoms with Crippen LogP contribution in [-0.2, 0) is 16.0 Å². The van der Waals surface area contributed by atoms with Gasteiger partial charge in [-0.1, -0.05) is 18.2 Å². The second kappa shape index (κ2) is 8.17. The number of hydrogen-bond acceptors (Lipinski definition) is 4. The molecule has 1 N–H and O–H groups in total. The lowest BCUT2D eigenvalue weighted by Gasteiger charge is -2.35. The van der Waals surface area contributed by atoms with Crippen molar-refractivity contribution in [1.82, 2.24) is 9.80 Å². The molecule has 2 amide bonds. The number of hydrogen-bond donors (Lipinski definition) is 1. The van der Waals surface area contributed by atoms with E-state index in [1.54, 1.807) is 0 Å². The fourth-order valence-electron chi connectivity index (χ4n) is 3.63. The standard InChI is InChI=1S/C19H29N3O3/c1-14-12-22(8-9-24-14)19(23)20-18-7-5-4-6-17(18)13-21-10-15(2)25-16(3)11-21/h4-7,14-16H,8-13H2,1-3H3,(H,20,23)/t14-,15-,16+/m1/s1. The number of anilines is 1. The lowest BCUT2D eigenvalue weighted by atomic mass is 10.1. The quantitative estimate of drug-likeness (QED) is 0.913. The molecular weight excluding hydrogens is 318 g/mol. The molecule has 0 radical (unpaired) electrons. The van der Waals surface area contributed by atoms with Gasteiger partial charge in [-0.3, -0.25) is 4.90 Å². The number of nitrogens with zero attached hydrogens (tertiary/aromatic N) is 2. The Morgan fingerprint density at radius 2 is 1.84 bits per heavy atom. The van der Waals surface area contributed by atoms with Gasteiger partial charge in [-0.05, 0) is 32.4 Å². The molecule has 3 rings (SSSR count). The molecule has 0 bridgehead atoms. The minimum atomic E-state index is -0.0497. The van der Waals surface area contributed by atoms with Crippen LogP contribution in [-0.4, -0.2) is 66.9 Å². The van der Waals surface area contributed by atoms with Gasteiger partial charge in [-0.2, -0.15) is 0 Å². The highest BCUT2D eigenvalue weighted by atomic mass is 16.5. The molecule has 0 aliphatic carbocycles. The van der Waals surface area contributed by atoms with Crippen molar-refractivity contribution >= 4 is 11.7 Å². The number of morpholine rings is 2. The van der Waals surface area contributed by atoms with E-state index in [9.17, 15) is 4.79 Å². The molecule has 2 heterocycles. The predicted octanol–water partition coefficient (Wildman–Crippen LogP) is 2.55. The zero-order chi connectivity index (χ0) is 17.8. The number of amides is 2. The topological polar surface area (TPSA) is 54.0 Å². The maximum Gasteiger partial charge on any atom is 0.322 e. The Labute approximate surface area is 150 Å². The van der Waals surface area contributed by atoms with Crippen molar-refractivity contribution in [3.8, 4) is 0 Å². The summed E-state index contributed by atoms with van der Waals surface area (Å²) in [4.78, 5) is 16.8. The Morgan fingerprint density at radius 1 is 1.12 bits per heavy atom. The number of urea groups is 1. The maximum absolute atomic E-state index is 12.6. The number of carbonyl (C=O) groups excluding carboxylic acids is 1. The van der Waals surface area contributed by atoms with E-state index in [2.05, 4.69) is 30.1 Å². The van der Waals surface area contributed by atoms with Gasteiger partial charge >= 0.3 is 6.03 Å². The minimum Gasteiger partial charge on any atom is -0.375 e. The van der Waals surface area contributed by atoms with E-state index in [0.29, 0.717) is 19.7 Å². The van der Waals surface area contributed by atoms with E-state index >= 15 is 0 Å². The first kappa shape index (κ1) is 18.2. The van der Waals surface area contributed by atoms with Gasteiger partial charge in [0.2, 0.25) is 0 Å². The number of carbonyl (C=O) groups is 1. The van der Waals surface area contributed by atoms with Crippen LogP contribution in [0.3, 0.4) is 0 Å². The molecule has 2 saturated heterocycles. The van der Waals surface area contributed by atoms with Crippen molar-refractivity contribution < 1.29 is 14.3 Å². The molecular formula is C19H29N3O3. The Kier molecular flexibility index (Phi) is 5.93. The summed E-state index contributed by atoms with van der Waals surface area (Å²) in [5.41, 5.74) is 2.02. The highest BCUT2D eigenvalue weighted by Crippen LogP contribution is 2.21. The molecule has 0 spiro atoms. The number of nitrogens with one attached hydrogen (secondary N) is 1. The Hall–Kier alpha value is -1.63. The first-order valence-corrected chi connectivity index (χ1v) is 9.14. The molecule has 1 aromatic carbocycles. The Morgan fingerprint density at radius 3 is 2.56 bits per heavy atom. The van der Waals surface area contributed by atoms with Crippen molar-refractivity contribution in [2.45, 2.75) is 45.6 Å². The van der Waals surface area contributed by atoms with Gasteiger partial charge in [0, 0.05) is 38.4 Å². The Balaban J connectivity index is 1.65. The molecule has 2 aliphatic heterocycles. The lowest BCUT2D eigenvalue weighted by Crippen LogP contribution is -2.46. The third kappa shape index (κ3) is 4.93. The number of para-hydroxylation sites is 1. The van der Waals surface area contributed by atoms with E-state index in [-0.39, 0.29) is 24.3 Å². The molecule has 3 atom stereocenters. The summed E-state index contributed by atoms with van der Waals surface area (Å²) in [6.45, 7) is 10.7. The summed E-state index contributed by atoms with van der Waals surface area (Å²) < 4.78 is 11.3. The third-order valence-electron chi connectivity index (χ3n) is 4.68. The average molecular weight is 347 g/mol. The van der Waals surface area contributed by atoms with Crippen LogP contribution in [0.5, 0.6) is 0 Å². The van der Waals surface area contributed by atoms with Crippen molar-refractivity contribution in [2.75, 3.05) is 38.1 Å². The molecule has 2 aliphatic rings. The largest absolute Gasteiger partial charge is 0.375 e. The first-order chi connectivity index (χ1) is 12.0. The van der Waals surface area contributed by atoms with Crippen molar-refractivity contribution in [2.24, 2.45) is 0 Å². The summed E-state index contributed by atoms with van der Waals surface area (Å²) in [6, 6.07) is 8.00. The highest BCUT2D eigenvalue weighted by Gasteiger charge is 2.24. The second-order valence-electron chi connectivity index (χ2n) is 7.17. The average Bonchev–Trinajstić information content (AvgIpc) is 2.55. The zero-order valence-electron chi connectivity index (χ0n) is 15.4. The van der Waals surface area contributed by atoms with Crippen LogP contribution in [0.2, 0.25) is 0 Å². The SMILES string of the molecule is C[C@@H]1CN(C(=O)Nc2ccccc2CN2C[C@@H](C)O[C@@H](C)C2)CCO1. The third-order valence-corrected chi connectivity index (χ3v) is 4.68. The van der Waals surface area contributed by atoms with Gasteiger partial charge in [0.05, 0.1) is 24.9 Å². The van der Waals surface area contributed by atoms with E-state index in [1.807, 2.05) is 30.0 Å². The molecule has 0 unspecified atom stereocenters. The Bertz CT molecular complexity index is 585. The molecule has 6 heteroatoms. The number of ether oxygens (including phenoxy) is 2. The van der Waals surface area contributed by atoms with Gasteiger partial charge < -0.3 is 19.7 Å². The number of rotatable bonds is 3. The molecule has 0 aromatic heterocycles. The summed E-state index contributed by atoms with van der Waals surface area (Å²) in [7, 11) is 0. The molecule has 1 aromatic rings. The lowest BCUT2D eigenvalue weighted by molar-refractivity contribution is -0.0704. The van der Waals surface area contributed by atoms with Gasteiger partial charge in [-0.25, -0.2) is 4.79 Å². The van der Waals surface area contributed by atoms with Crippen molar-refractivity contribution in [3.05, 3.63) is 29.8 Å². The molecule has 0 saturated carbocycles. The molecule has 2 fully saturated rings. The van der Waals surface area contributed by atoms with Gasteiger partial charge in [0.1, 0.15) is 0 Å². The summed E-state index contributed by atoms with van der Waals surface area (Å²) in [5.74, 6) is 0. The predicted molar refractivity (Wildman–Crippen MR) is 97.7 cm³/mol. The van der Waals surface area contributed by atoms with Crippen LogP contribution in [0.25, 0.3) is 0 Å². The van der Waals surface area contributed by atoms with E-state index < -0.39 is 0 Å². The molecule has 6 nitrogen and oxygen atoms in total. The molecule has 138 valence electrons. The minimum absolute atomic E-state index is 0.0497. The van der Waals surface area contributed by atoms with Gasteiger partial charge in [0.15, 0.2) is 0 Å². The fourth-order valence-corrected chi connectivity index (χ4v) is 3.63. The van der Waals surface area contributed by atoms with E-state index in [1.165, 1.54) is 0 Å². The highest BCUT2D eigenvalue weighted by molar-refractivity contribution is 5.90. The smallest absolute Gasteiger partial charge is 0.322 e. The monoisotopic (exact) mass is 347 g/mol. The van der Waals surface area contributed by atoms with Crippen LogP contribution in [0.4, 0.5) is 10.5 Å². The fraction of sp³-hybridized carbons (Fsp3) is 0.632. The van der Waals surface area contributed by atoms with Crippen LogP contribution >= 0.6 is 0 Å². The van der Waals surface area contributed by atoms with Crippen LogP contribution in [0.1, 0.15) is 26.3 Å². The summed E-state index contributed by atoms with van der Waals surface area (Å²) in [6.07, 6.45) is 0.562. The van der Waals surface area contributed by atoms with Crippen molar-refractivity contribution in [1.29, 1.82) is 0 Å². The van der Waals surface area contributed by atoms with Crippen molar-refractivity contribution in [3.63, 3.8) is 0 Å². The normalized spacial score (nSPS) is 28.0. The van der Waals surface area contributed by atoms with Crippen LogP contribution in [0.15, 0.2) is 24.3 Å². The molecule has 25 heavy (non-hydrogen) atoms. The zero-order valence-corrected chi connectivity index (χ0v) is 15.4. The van der Waals surface area contributed by atoms with Crippen LogP contribution in [0, 0.1) is 0 Å². The summed E-state index contributed by atoms with van der Waals surface area (Å²) in [5, 5.41) is 3.09. The van der Waals surface area contributed by atoms with Gasteiger partial charge in [0.25, 0.3) is 0 Å². The van der Waals surface area contributed by atoms with Gasteiger partial charge in [-0.15, -0.1) is 0 Å². The summed E-state index contributed by atoms with van der Waals surface area (Å²) >= 11 is 0. The second-order valence-corrected chi connectivity index (χ2v) is 7.17. The number of benzene rings is 1. The van der Waals surface area contributed by atoms with Crippen LogP contribution < -0.4 is 5.32 Å². The first-order valence-electron chi connectivity index (χ1n) is 9.14. The van der Waals surface area contributed by atoms with E-state index in [4.69, 9.17) is 9.47 Å².